The van der Waals surface area contributed by atoms with Crippen molar-refractivity contribution in [2.75, 3.05) is 18.5 Å². The lowest BCUT2D eigenvalue weighted by Crippen LogP contribution is -2.29. The van der Waals surface area contributed by atoms with E-state index in [1.54, 1.807) is 6.92 Å². The van der Waals surface area contributed by atoms with Crippen molar-refractivity contribution in [3.63, 3.8) is 0 Å². The molecule has 0 saturated carbocycles. The van der Waals surface area contributed by atoms with Crippen LogP contribution in [0.15, 0.2) is 30.5 Å². The maximum atomic E-state index is 11.9. The number of carbonyl (C=O) groups excluding carboxylic acids is 2. The number of hydrogen-bond acceptors (Lipinski definition) is 5. The molecule has 8 nitrogen and oxygen atoms in total. The number of hydrogen-bond donors (Lipinski definition) is 2. The van der Waals surface area contributed by atoms with Crippen molar-refractivity contribution in [1.29, 1.82) is 0 Å². The number of amides is 2. The van der Waals surface area contributed by atoms with E-state index >= 15 is 0 Å². The molecule has 0 aliphatic heterocycles. The summed E-state index contributed by atoms with van der Waals surface area (Å²) >= 11 is 5.82. The molecule has 1 heterocycles. The Kier molecular flexibility index (Phi) is 6.56. The number of halogens is 1. The Bertz CT molecular complexity index is 687. The summed E-state index contributed by atoms with van der Waals surface area (Å²) in [6.45, 7) is 2.47. The Hall–Kier alpha value is -2.61. The molecule has 2 amide bonds. The van der Waals surface area contributed by atoms with Gasteiger partial charge in [0.05, 0.1) is 12.8 Å². The molecule has 0 fully saturated rings. The van der Waals surface area contributed by atoms with Gasteiger partial charge in [-0.2, -0.15) is 0 Å². The Morgan fingerprint density at radius 3 is 2.75 bits per heavy atom. The largest absolute Gasteiger partial charge is 0.450 e. The van der Waals surface area contributed by atoms with E-state index in [1.807, 2.05) is 24.3 Å². The number of anilines is 1. The molecule has 0 atom stereocenters. The lowest BCUT2D eigenvalue weighted by atomic mass is 10.1. The summed E-state index contributed by atoms with van der Waals surface area (Å²) in [4.78, 5) is 23.1. The van der Waals surface area contributed by atoms with Crippen molar-refractivity contribution in [2.45, 2.75) is 19.9 Å². The molecule has 2 rings (SSSR count). The van der Waals surface area contributed by atoms with Gasteiger partial charge in [-0.15, -0.1) is 5.10 Å². The van der Waals surface area contributed by atoms with Gasteiger partial charge in [0.1, 0.15) is 6.54 Å². The lowest BCUT2D eigenvalue weighted by Gasteiger charge is -2.05. The van der Waals surface area contributed by atoms with Crippen molar-refractivity contribution >= 4 is 29.4 Å². The van der Waals surface area contributed by atoms with E-state index in [2.05, 4.69) is 20.9 Å². The summed E-state index contributed by atoms with van der Waals surface area (Å²) in [7, 11) is 0. The van der Waals surface area contributed by atoms with Crippen molar-refractivity contribution in [3.05, 3.63) is 41.0 Å². The van der Waals surface area contributed by atoms with Gasteiger partial charge < -0.3 is 10.1 Å². The number of carbonyl (C=O) groups is 2. The molecule has 1 aromatic carbocycles. The second-order valence-electron chi connectivity index (χ2n) is 4.87. The van der Waals surface area contributed by atoms with Gasteiger partial charge in [-0.3, -0.25) is 10.1 Å². The molecule has 0 unspecified atom stereocenters. The minimum Gasteiger partial charge on any atom is -0.450 e. The highest BCUT2D eigenvalue weighted by atomic mass is 35.5. The van der Waals surface area contributed by atoms with Crippen LogP contribution in [-0.2, 0) is 22.5 Å². The molecule has 0 saturated heterocycles. The fourth-order valence-electron chi connectivity index (χ4n) is 1.91. The van der Waals surface area contributed by atoms with Crippen LogP contribution in [0.3, 0.4) is 0 Å². The highest BCUT2D eigenvalue weighted by molar-refractivity contribution is 6.30. The topological polar surface area (TPSA) is 98.1 Å². The van der Waals surface area contributed by atoms with Crippen LogP contribution in [-0.4, -0.2) is 40.1 Å². The van der Waals surface area contributed by atoms with Crippen LogP contribution >= 0.6 is 11.6 Å². The number of nitrogens with one attached hydrogen (secondary N) is 2. The zero-order valence-electron chi connectivity index (χ0n) is 13.2. The van der Waals surface area contributed by atoms with Crippen LogP contribution in [0.5, 0.6) is 0 Å². The first-order valence-electron chi connectivity index (χ1n) is 7.42. The van der Waals surface area contributed by atoms with Crippen LogP contribution in [0.4, 0.5) is 10.6 Å². The third kappa shape index (κ3) is 5.88. The molecular weight excluding hydrogens is 334 g/mol. The minimum absolute atomic E-state index is 0.0120. The summed E-state index contributed by atoms with van der Waals surface area (Å²) < 4.78 is 6.06. The van der Waals surface area contributed by atoms with Gasteiger partial charge in [0.15, 0.2) is 5.82 Å². The van der Waals surface area contributed by atoms with Crippen LogP contribution in [0.2, 0.25) is 5.02 Å². The maximum Gasteiger partial charge on any atom is 0.412 e. The first kappa shape index (κ1) is 17.7. The number of ether oxygens (including phenoxy) is 1. The van der Waals surface area contributed by atoms with E-state index < -0.39 is 6.09 Å². The molecule has 0 bridgehead atoms. The third-order valence-corrected chi connectivity index (χ3v) is 3.25. The first-order valence-corrected chi connectivity index (χ1v) is 7.79. The predicted molar refractivity (Wildman–Crippen MR) is 88.8 cm³/mol. The Balaban J connectivity index is 1.73. The van der Waals surface area contributed by atoms with Crippen molar-refractivity contribution in [2.24, 2.45) is 0 Å². The normalized spacial score (nSPS) is 10.2. The van der Waals surface area contributed by atoms with Gasteiger partial charge in [-0.1, -0.05) is 28.9 Å². The summed E-state index contributed by atoms with van der Waals surface area (Å²) in [6.07, 6.45) is 1.54. The smallest absolute Gasteiger partial charge is 0.412 e. The van der Waals surface area contributed by atoms with E-state index in [4.69, 9.17) is 16.3 Å². The molecule has 24 heavy (non-hydrogen) atoms. The second kappa shape index (κ2) is 8.88. The second-order valence-corrected chi connectivity index (χ2v) is 5.31. The van der Waals surface area contributed by atoms with E-state index in [9.17, 15) is 9.59 Å². The summed E-state index contributed by atoms with van der Waals surface area (Å²) in [6, 6.07) is 7.46. The molecule has 2 N–H and O–H groups in total. The van der Waals surface area contributed by atoms with E-state index in [0.717, 1.165) is 5.56 Å². The Morgan fingerprint density at radius 2 is 2.04 bits per heavy atom. The first-order chi connectivity index (χ1) is 11.6. The number of aromatic nitrogens is 3. The summed E-state index contributed by atoms with van der Waals surface area (Å²) in [5.41, 5.74) is 1.08. The van der Waals surface area contributed by atoms with Gasteiger partial charge in [-0.25, -0.2) is 9.48 Å². The molecule has 0 aliphatic carbocycles. The van der Waals surface area contributed by atoms with Crippen LogP contribution in [0.25, 0.3) is 0 Å². The van der Waals surface area contributed by atoms with E-state index in [1.165, 1.54) is 10.9 Å². The standard InChI is InChI=1S/C15H18ClN5O3/c1-2-24-15(23)18-13-9-21(20-19-13)10-14(22)17-8-7-11-3-5-12(16)6-4-11/h3-6,9H,2,7-8,10H2,1H3,(H,17,22)(H,18,23). The van der Waals surface area contributed by atoms with Gasteiger partial charge in [-0.05, 0) is 31.0 Å². The summed E-state index contributed by atoms with van der Waals surface area (Å²) in [5, 5.41) is 13.4. The average molecular weight is 352 g/mol. The van der Waals surface area contributed by atoms with Gasteiger partial charge in [0, 0.05) is 11.6 Å². The third-order valence-electron chi connectivity index (χ3n) is 3.00. The molecule has 1 aromatic heterocycles. The highest BCUT2D eigenvalue weighted by Gasteiger charge is 2.08. The highest BCUT2D eigenvalue weighted by Crippen LogP contribution is 2.09. The molecule has 0 spiro atoms. The number of benzene rings is 1. The SMILES string of the molecule is CCOC(=O)Nc1cn(CC(=O)NCCc2ccc(Cl)cc2)nn1. The van der Waals surface area contributed by atoms with Gasteiger partial charge in [0.2, 0.25) is 5.91 Å². The molecule has 0 aliphatic rings. The zero-order chi connectivity index (χ0) is 17.4. The fourth-order valence-corrected chi connectivity index (χ4v) is 2.03. The molecule has 9 heteroatoms. The quantitative estimate of drug-likeness (QED) is 0.793. The minimum atomic E-state index is -0.614. The van der Waals surface area contributed by atoms with Crippen molar-refractivity contribution < 1.29 is 14.3 Å². The molecule has 2 aromatic rings. The number of rotatable bonds is 7. The van der Waals surface area contributed by atoms with Gasteiger partial charge in [0.25, 0.3) is 0 Å². The Morgan fingerprint density at radius 1 is 1.29 bits per heavy atom. The maximum absolute atomic E-state index is 11.9. The fraction of sp³-hybridized carbons (Fsp3) is 0.333. The molecule has 128 valence electrons. The van der Waals surface area contributed by atoms with E-state index in [0.29, 0.717) is 18.0 Å². The van der Waals surface area contributed by atoms with Crippen LogP contribution in [0, 0.1) is 0 Å². The Labute approximate surface area is 144 Å². The zero-order valence-corrected chi connectivity index (χ0v) is 13.9. The molecule has 0 radical (unpaired) electrons. The van der Waals surface area contributed by atoms with Crippen LogP contribution in [0.1, 0.15) is 12.5 Å². The average Bonchev–Trinajstić information content (AvgIpc) is 2.96. The predicted octanol–water partition coefficient (Wildman–Crippen LogP) is 1.86. The van der Waals surface area contributed by atoms with E-state index in [-0.39, 0.29) is 24.9 Å². The van der Waals surface area contributed by atoms with Crippen LogP contribution < -0.4 is 10.6 Å². The summed E-state index contributed by atoms with van der Waals surface area (Å²) in [5.74, 6) is 0.0268. The van der Waals surface area contributed by atoms with Crippen molar-refractivity contribution in [1.82, 2.24) is 20.3 Å². The van der Waals surface area contributed by atoms with Crippen molar-refractivity contribution in [3.8, 4) is 0 Å². The van der Waals surface area contributed by atoms with Gasteiger partial charge >= 0.3 is 6.09 Å². The monoisotopic (exact) mass is 351 g/mol. The number of nitrogens with zero attached hydrogens (tertiary/aromatic N) is 3. The lowest BCUT2D eigenvalue weighted by molar-refractivity contribution is -0.121. The molecular formula is C15H18ClN5O3.